The average Bonchev–Trinajstić information content (AvgIpc) is 2.83. The molecule has 0 fully saturated rings. The first-order valence-electron chi connectivity index (χ1n) is 12.3. The molecule has 0 saturated carbocycles. The molecule has 12 heteroatoms. The van der Waals surface area contributed by atoms with Gasteiger partial charge in [-0.3, -0.25) is 14.2 Å². The maximum atomic E-state index is 13.8. The maximum absolute atomic E-state index is 13.8. The molecule has 0 bridgehead atoms. The number of pyridine rings is 1. The molecule has 0 unspecified atom stereocenters. The third-order valence-corrected chi connectivity index (χ3v) is 5.89. The van der Waals surface area contributed by atoms with Gasteiger partial charge < -0.3 is 15.0 Å². The first-order chi connectivity index (χ1) is 18.8. The van der Waals surface area contributed by atoms with Gasteiger partial charge in [0.25, 0.3) is 5.56 Å². The molecule has 0 aliphatic rings. The Hall–Kier alpha value is -3.96. The van der Waals surface area contributed by atoms with Crippen LogP contribution < -0.4 is 15.6 Å². The molecule has 0 spiro atoms. The van der Waals surface area contributed by atoms with Crippen LogP contribution in [0.2, 0.25) is 5.02 Å². The van der Waals surface area contributed by atoms with E-state index in [-0.39, 0.29) is 28.5 Å². The van der Waals surface area contributed by atoms with Crippen LogP contribution >= 0.6 is 11.6 Å². The van der Waals surface area contributed by atoms with Crippen molar-refractivity contribution in [3.05, 3.63) is 75.7 Å². The van der Waals surface area contributed by atoms with E-state index in [1.54, 1.807) is 32.2 Å². The first-order valence-corrected chi connectivity index (χ1v) is 12.7. The number of alkyl halides is 3. The Labute approximate surface area is 233 Å². The summed E-state index contributed by atoms with van der Waals surface area (Å²) in [4.78, 5) is 37.3. The van der Waals surface area contributed by atoms with Gasteiger partial charge in [0, 0.05) is 34.9 Å². The zero-order valence-electron chi connectivity index (χ0n) is 22.2. The Balaban J connectivity index is 1.88. The number of rotatable bonds is 8. The third kappa shape index (κ3) is 7.16. The van der Waals surface area contributed by atoms with Crippen molar-refractivity contribution in [3.8, 4) is 28.3 Å². The number of benzene rings is 2. The molecule has 40 heavy (non-hydrogen) atoms. The van der Waals surface area contributed by atoms with E-state index in [9.17, 15) is 22.8 Å². The van der Waals surface area contributed by atoms with Crippen LogP contribution in [0, 0.1) is 0 Å². The molecule has 1 amide bonds. The molecule has 0 aliphatic carbocycles. The van der Waals surface area contributed by atoms with Crippen molar-refractivity contribution < 1.29 is 22.7 Å². The molecule has 0 atom stereocenters. The van der Waals surface area contributed by atoms with Gasteiger partial charge in [0.2, 0.25) is 5.91 Å². The van der Waals surface area contributed by atoms with Gasteiger partial charge in [0.15, 0.2) is 5.65 Å². The summed E-state index contributed by atoms with van der Waals surface area (Å²) in [5.41, 5.74) is 1.95. The lowest BCUT2D eigenvalue weighted by atomic mass is 10.0. The van der Waals surface area contributed by atoms with Gasteiger partial charge in [-0.15, -0.1) is 13.2 Å². The lowest BCUT2D eigenvalue weighted by Gasteiger charge is -2.16. The second kappa shape index (κ2) is 11.6. The number of aromatic nitrogens is 3. The highest BCUT2D eigenvalue weighted by Crippen LogP contribution is 2.29. The van der Waals surface area contributed by atoms with Gasteiger partial charge >= 0.3 is 6.36 Å². The smallest absolute Gasteiger partial charge is 0.406 e. The van der Waals surface area contributed by atoms with Gasteiger partial charge in [-0.2, -0.15) is 0 Å². The highest BCUT2D eigenvalue weighted by molar-refractivity contribution is 6.31. The van der Waals surface area contributed by atoms with E-state index >= 15 is 0 Å². The summed E-state index contributed by atoms with van der Waals surface area (Å²) >= 11 is 6.36. The Morgan fingerprint density at radius 1 is 1.10 bits per heavy atom. The fourth-order valence-electron chi connectivity index (χ4n) is 4.25. The molecular weight excluding hydrogens is 547 g/mol. The van der Waals surface area contributed by atoms with Crippen molar-refractivity contribution >= 4 is 28.5 Å². The van der Waals surface area contributed by atoms with E-state index in [1.807, 2.05) is 31.1 Å². The SMILES string of the molecule is CC(C)NC(=O)Cn1c(-c2cccc(OC(F)(F)F)c2)nc2ncc(-c3cc(Cl)cc(CN(C)C)c3)cc2c1=O. The van der Waals surface area contributed by atoms with Crippen molar-refractivity contribution in [2.45, 2.75) is 39.3 Å². The van der Waals surface area contributed by atoms with E-state index in [4.69, 9.17) is 11.6 Å². The van der Waals surface area contributed by atoms with E-state index in [0.29, 0.717) is 17.1 Å². The molecule has 0 radical (unpaired) electrons. The van der Waals surface area contributed by atoms with Crippen LogP contribution in [0.25, 0.3) is 33.5 Å². The fraction of sp³-hybridized carbons (Fsp3) is 0.286. The molecule has 1 N–H and O–H groups in total. The Bertz CT molecular complexity index is 1620. The maximum Gasteiger partial charge on any atom is 0.573 e. The number of carbonyl (C=O) groups excluding carboxylic acids is 1. The Morgan fingerprint density at radius 2 is 1.85 bits per heavy atom. The van der Waals surface area contributed by atoms with Crippen molar-refractivity contribution in [2.75, 3.05) is 14.1 Å². The van der Waals surface area contributed by atoms with Gasteiger partial charge in [-0.1, -0.05) is 23.7 Å². The molecule has 8 nitrogen and oxygen atoms in total. The number of ether oxygens (including phenoxy) is 1. The minimum atomic E-state index is -4.91. The lowest BCUT2D eigenvalue weighted by molar-refractivity contribution is -0.274. The van der Waals surface area contributed by atoms with Gasteiger partial charge in [0.1, 0.15) is 18.1 Å². The number of hydrogen-bond donors (Lipinski definition) is 1. The first kappa shape index (κ1) is 29.0. The summed E-state index contributed by atoms with van der Waals surface area (Å²) in [6.45, 7) is 3.77. The van der Waals surface area contributed by atoms with Crippen LogP contribution in [0.15, 0.2) is 59.5 Å². The molecule has 0 aliphatic heterocycles. The van der Waals surface area contributed by atoms with Crippen LogP contribution in [0.1, 0.15) is 19.4 Å². The Kier molecular flexibility index (Phi) is 8.45. The molecule has 2 aromatic heterocycles. The van der Waals surface area contributed by atoms with Crippen molar-refractivity contribution in [1.82, 2.24) is 24.8 Å². The zero-order chi connectivity index (χ0) is 29.2. The van der Waals surface area contributed by atoms with Crippen molar-refractivity contribution in [1.29, 1.82) is 0 Å². The number of fused-ring (bicyclic) bond motifs is 1. The zero-order valence-corrected chi connectivity index (χ0v) is 23.0. The highest BCUT2D eigenvalue weighted by atomic mass is 35.5. The fourth-order valence-corrected chi connectivity index (χ4v) is 4.51. The average molecular weight is 574 g/mol. The largest absolute Gasteiger partial charge is 0.573 e. The van der Waals surface area contributed by atoms with E-state index in [0.717, 1.165) is 27.8 Å². The number of halogens is 4. The second-order valence-corrected chi connectivity index (χ2v) is 10.2. The van der Waals surface area contributed by atoms with E-state index < -0.39 is 30.1 Å². The van der Waals surface area contributed by atoms with E-state index in [2.05, 4.69) is 20.0 Å². The quantitative estimate of drug-likeness (QED) is 0.309. The number of carbonyl (C=O) groups is 1. The topological polar surface area (TPSA) is 89.3 Å². The van der Waals surface area contributed by atoms with Crippen LogP contribution in [-0.4, -0.2) is 51.8 Å². The normalized spacial score (nSPS) is 11.8. The van der Waals surface area contributed by atoms with Gasteiger partial charge in [-0.25, -0.2) is 9.97 Å². The monoisotopic (exact) mass is 573 g/mol. The summed E-state index contributed by atoms with van der Waals surface area (Å²) in [7, 11) is 3.87. The van der Waals surface area contributed by atoms with Gasteiger partial charge in [-0.05, 0) is 75.5 Å². The molecule has 2 heterocycles. The summed E-state index contributed by atoms with van der Waals surface area (Å²) in [5, 5.41) is 3.37. The number of hydrogen-bond acceptors (Lipinski definition) is 6. The summed E-state index contributed by atoms with van der Waals surface area (Å²) in [6.07, 6.45) is -3.36. The predicted octanol–water partition coefficient (Wildman–Crippen LogP) is 5.26. The second-order valence-electron chi connectivity index (χ2n) is 9.81. The van der Waals surface area contributed by atoms with Gasteiger partial charge in [0.05, 0.1) is 5.39 Å². The Morgan fingerprint density at radius 3 is 2.52 bits per heavy atom. The molecule has 2 aromatic carbocycles. The molecule has 4 rings (SSSR count). The highest BCUT2D eigenvalue weighted by Gasteiger charge is 2.31. The minimum absolute atomic E-state index is 0.0275. The number of nitrogens with one attached hydrogen (secondary N) is 1. The molecule has 0 saturated heterocycles. The third-order valence-electron chi connectivity index (χ3n) is 5.68. The summed E-state index contributed by atoms with van der Waals surface area (Å²) in [6, 6.07) is 12.0. The summed E-state index contributed by atoms with van der Waals surface area (Å²) in [5.74, 6) is -0.981. The van der Waals surface area contributed by atoms with E-state index in [1.165, 1.54) is 12.1 Å². The van der Waals surface area contributed by atoms with Crippen molar-refractivity contribution in [3.63, 3.8) is 0 Å². The van der Waals surface area contributed by atoms with Crippen LogP contribution in [0.3, 0.4) is 0 Å². The lowest BCUT2D eigenvalue weighted by Crippen LogP contribution is -2.37. The van der Waals surface area contributed by atoms with Crippen molar-refractivity contribution in [2.24, 2.45) is 0 Å². The van der Waals surface area contributed by atoms with Crippen LogP contribution in [-0.2, 0) is 17.9 Å². The molecule has 4 aromatic rings. The predicted molar refractivity (Wildman–Crippen MR) is 147 cm³/mol. The number of amides is 1. The van der Waals surface area contributed by atoms with Crippen LogP contribution in [0.5, 0.6) is 5.75 Å². The van der Waals surface area contributed by atoms with Crippen LogP contribution in [0.4, 0.5) is 13.2 Å². The number of nitrogens with zero attached hydrogens (tertiary/aromatic N) is 4. The summed E-state index contributed by atoms with van der Waals surface area (Å²) < 4.78 is 43.7. The standard InChI is InChI=1S/C28H27ClF3N5O3/c1-16(2)34-24(38)15-37-26(18-6-5-7-22(11-18)40-28(30,31)32)35-25-23(27(37)39)12-20(13-33-25)19-8-17(14-36(3)4)9-21(29)10-19/h5-13,16H,14-15H2,1-4H3,(H,34,38). The molecular formula is C28H27ClF3N5O3. The molecule has 210 valence electrons. The minimum Gasteiger partial charge on any atom is -0.406 e.